The maximum atomic E-state index is 11.7. The summed E-state index contributed by atoms with van der Waals surface area (Å²) in [6.07, 6.45) is 0. The van der Waals surface area contributed by atoms with Gasteiger partial charge in [-0.2, -0.15) is 0 Å². The van der Waals surface area contributed by atoms with Crippen LogP contribution in [0.5, 0.6) is 0 Å². The Balaban J connectivity index is 2.81. The summed E-state index contributed by atoms with van der Waals surface area (Å²) in [5, 5.41) is 8.67. The summed E-state index contributed by atoms with van der Waals surface area (Å²) in [5.41, 5.74) is 0.0424. The smallest absolute Gasteiger partial charge is 0.335 e. The lowest BCUT2D eigenvalue weighted by Gasteiger charge is -2.06. The SMILES string of the molecule is COCCNS(=O)(=O)c1ccc(C(=O)O)cc1. The van der Waals surface area contributed by atoms with Crippen LogP contribution in [-0.4, -0.2) is 39.8 Å². The van der Waals surface area contributed by atoms with Crippen molar-refractivity contribution in [2.75, 3.05) is 20.3 Å². The van der Waals surface area contributed by atoms with Crippen molar-refractivity contribution in [3.05, 3.63) is 29.8 Å². The maximum Gasteiger partial charge on any atom is 0.335 e. The summed E-state index contributed by atoms with van der Waals surface area (Å²) in [4.78, 5) is 10.6. The minimum Gasteiger partial charge on any atom is -0.478 e. The Morgan fingerprint density at radius 1 is 1.35 bits per heavy atom. The third-order valence-corrected chi connectivity index (χ3v) is 3.49. The van der Waals surface area contributed by atoms with Gasteiger partial charge in [0.25, 0.3) is 0 Å². The van der Waals surface area contributed by atoms with Gasteiger partial charge in [0.2, 0.25) is 10.0 Å². The van der Waals surface area contributed by atoms with Crippen LogP contribution in [-0.2, 0) is 14.8 Å². The van der Waals surface area contributed by atoms with E-state index in [9.17, 15) is 13.2 Å². The number of hydrogen-bond acceptors (Lipinski definition) is 4. The maximum absolute atomic E-state index is 11.7. The van der Waals surface area contributed by atoms with Crippen LogP contribution in [0.3, 0.4) is 0 Å². The predicted molar refractivity (Wildman–Crippen MR) is 60.5 cm³/mol. The highest BCUT2D eigenvalue weighted by Crippen LogP contribution is 2.10. The molecule has 0 saturated carbocycles. The molecule has 0 radical (unpaired) electrons. The summed E-state index contributed by atoms with van der Waals surface area (Å²) >= 11 is 0. The highest BCUT2D eigenvalue weighted by Gasteiger charge is 2.13. The number of benzene rings is 1. The average molecular weight is 259 g/mol. The third kappa shape index (κ3) is 3.81. The molecule has 0 aliphatic heterocycles. The molecule has 0 atom stereocenters. The van der Waals surface area contributed by atoms with Crippen LogP contribution in [0.2, 0.25) is 0 Å². The van der Waals surface area contributed by atoms with Gasteiger partial charge in [0.1, 0.15) is 0 Å². The number of ether oxygens (including phenoxy) is 1. The first-order valence-electron chi connectivity index (χ1n) is 4.79. The predicted octanol–water partition coefficient (Wildman–Crippen LogP) is 0.309. The van der Waals surface area contributed by atoms with Crippen LogP contribution in [0.1, 0.15) is 10.4 Å². The minimum atomic E-state index is -3.60. The summed E-state index contributed by atoms with van der Waals surface area (Å²) < 4.78 is 30.4. The van der Waals surface area contributed by atoms with E-state index in [2.05, 4.69) is 4.72 Å². The van der Waals surface area contributed by atoms with E-state index >= 15 is 0 Å². The lowest BCUT2D eigenvalue weighted by Crippen LogP contribution is -2.27. The van der Waals surface area contributed by atoms with E-state index in [4.69, 9.17) is 9.84 Å². The zero-order chi connectivity index (χ0) is 12.9. The largest absolute Gasteiger partial charge is 0.478 e. The second-order valence-electron chi connectivity index (χ2n) is 3.22. The first-order chi connectivity index (χ1) is 7.97. The van der Waals surface area contributed by atoms with Gasteiger partial charge in [0.15, 0.2) is 0 Å². The number of carboxylic acids is 1. The molecule has 0 bridgehead atoms. The van der Waals surface area contributed by atoms with E-state index in [-0.39, 0.29) is 23.6 Å². The van der Waals surface area contributed by atoms with Crippen LogP contribution in [0.25, 0.3) is 0 Å². The number of methoxy groups -OCH3 is 1. The molecule has 17 heavy (non-hydrogen) atoms. The number of sulfonamides is 1. The van der Waals surface area contributed by atoms with Gasteiger partial charge in [0, 0.05) is 13.7 Å². The molecule has 0 amide bonds. The van der Waals surface area contributed by atoms with E-state index in [0.29, 0.717) is 0 Å². The number of aromatic carboxylic acids is 1. The van der Waals surface area contributed by atoms with Gasteiger partial charge in [-0.1, -0.05) is 0 Å². The van der Waals surface area contributed by atoms with Gasteiger partial charge in [-0.25, -0.2) is 17.9 Å². The molecule has 7 heteroatoms. The van der Waals surface area contributed by atoms with Crippen LogP contribution in [0.15, 0.2) is 29.2 Å². The summed E-state index contributed by atoms with van der Waals surface area (Å²) in [5.74, 6) is -1.10. The lowest BCUT2D eigenvalue weighted by molar-refractivity contribution is 0.0697. The molecule has 0 aliphatic rings. The fourth-order valence-electron chi connectivity index (χ4n) is 1.14. The topological polar surface area (TPSA) is 92.7 Å². The van der Waals surface area contributed by atoms with Gasteiger partial charge >= 0.3 is 5.97 Å². The fraction of sp³-hybridized carbons (Fsp3) is 0.300. The highest BCUT2D eigenvalue weighted by molar-refractivity contribution is 7.89. The Bertz CT molecular complexity index is 480. The lowest BCUT2D eigenvalue weighted by atomic mass is 10.2. The molecule has 94 valence electrons. The summed E-state index contributed by atoms with van der Waals surface area (Å²) in [6.45, 7) is 0.436. The molecule has 0 unspecified atom stereocenters. The number of nitrogens with one attached hydrogen (secondary N) is 1. The van der Waals surface area contributed by atoms with Crippen LogP contribution < -0.4 is 4.72 Å². The molecule has 0 spiro atoms. The molecule has 6 nitrogen and oxygen atoms in total. The Hall–Kier alpha value is -1.44. The van der Waals surface area contributed by atoms with Crippen molar-refractivity contribution in [1.29, 1.82) is 0 Å². The number of carboxylic acid groups (broad SMARTS) is 1. The van der Waals surface area contributed by atoms with Gasteiger partial charge in [-0.05, 0) is 24.3 Å². The van der Waals surface area contributed by atoms with Crippen LogP contribution in [0.4, 0.5) is 0 Å². The molecule has 0 aliphatic carbocycles. The molecule has 1 rings (SSSR count). The zero-order valence-electron chi connectivity index (χ0n) is 9.21. The van der Waals surface area contributed by atoms with Crippen LogP contribution >= 0.6 is 0 Å². The van der Waals surface area contributed by atoms with Gasteiger partial charge in [-0.3, -0.25) is 0 Å². The van der Waals surface area contributed by atoms with E-state index in [1.165, 1.54) is 31.4 Å². The third-order valence-electron chi connectivity index (χ3n) is 2.01. The second kappa shape index (κ2) is 5.76. The van der Waals surface area contributed by atoms with Gasteiger partial charge in [-0.15, -0.1) is 0 Å². The quantitative estimate of drug-likeness (QED) is 0.717. The molecule has 1 aromatic carbocycles. The van der Waals surface area contributed by atoms with E-state index in [1.54, 1.807) is 0 Å². The summed E-state index contributed by atoms with van der Waals surface area (Å²) in [6, 6.07) is 4.98. The Morgan fingerprint density at radius 2 is 1.94 bits per heavy atom. The first kappa shape index (κ1) is 13.6. The molecule has 0 heterocycles. The van der Waals surface area contributed by atoms with Crippen LogP contribution in [0, 0.1) is 0 Å². The van der Waals surface area contributed by atoms with E-state index in [0.717, 1.165) is 0 Å². The zero-order valence-corrected chi connectivity index (χ0v) is 10.0. The van der Waals surface area contributed by atoms with Gasteiger partial charge < -0.3 is 9.84 Å². The molecule has 0 saturated heterocycles. The molecule has 2 N–H and O–H groups in total. The van der Waals surface area contributed by atoms with Crippen molar-refractivity contribution in [3.63, 3.8) is 0 Å². The van der Waals surface area contributed by atoms with E-state index in [1.807, 2.05) is 0 Å². The molecule has 0 fully saturated rings. The molecule has 0 aromatic heterocycles. The Labute approximate surface area is 99.3 Å². The highest BCUT2D eigenvalue weighted by atomic mass is 32.2. The van der Waals surface area contributed by atoms with Crippen molar-refractivity contribution in [2.45, 2.75) is 4.90 Å². The van der Waals surface area contributed by atoms with Crippen molar-refractivity contribution in [3.8, 4) is 0 Å². The fourth-order valence-corrected chi connectivity index (χ4v) is 2.15. The standard InChI is InChI=1S/C10H13NO5S/c1-16-7-6-11-17(14,15)9-4-2-8(3-5-9)10(12)13/h2-5,11H,6-7H2,1H3,(H,12,13). The number of carbonyl (C=O) groups is 1. The Kier molecular flexibility index (Phi) is 4.62. The first-order valence-corrected chi connectivity index (χ1v) is 6.27. The normalized spacial score (nSPS) is 11.4. The molecular weight excluding hydrogens is 246 g/mol. The average Bonchev–Trinajstić information content (AvgIpc) is 2.29. The van der Waals surface area contributed by atoms with Crippen molar-refractivity contribution in [1.82, 2.24) is 4.72 Å². The molecule has 1 aromatic rings. The van der Waals surface area contributed by atoms with Gasteiger partial charge in [0.05, 0.1) is 17.1 Å². The van der Waals surface area contributed by atoms with Crippen molar-refractivity contribution in [2.24, 2.45) is 0 Å². The van der Waals surface area contributed by atoms with E-state index < -0.39 is 16.0 Å². The number of rotatable bonds is 6. The minimum absolute atomic E-state index is 0.0265. The summed E-state index contributed by atoms with van der Waals surface area (Å²) in [7, 11) is -2.13. The second-order valence-corrected chi connectivity index (χ2v) is 4.99. The monoisotopic (exact) mass is 259 g/mol. The van der Waals surface area contributed by atoms with Crippen molar-refractivity contribution >= 4 is 16.0 Å². The number of hydrogen-bond donors (Lipinski definition) is 2. The Morgan fingerprint density at radius 3 is 2.41 bits per heavy atom. The molecular formula is C10H13NO5S. The van der Waals surface area contributed by atoms with Crippen molar-refractivity contribution < 1.29 is 23.1 Å².